The van der Waals surface area contributed by atoms with Gasteiger partial charge < -0.3 is 9.30 Å². The predicted molar refractivity (Wildman–Crippen MR) is 89.8 cm³/mol. The number of esters is 1. The molecule has 0 aliphatic heterocycles. The molecular formula is C18H17NO2S. The maximum atomic E-state index is 12.4. The molecule has 0 saturated carbocycles. The SMILES string of the molecule is CCOC(=O)c1c(-n2cccc2)sc(-c2ccccc2)c1C. The number of hydrogen-bond donors (Lipinski definition) is 0. The molecule has 0 aliphatic rings. The van der Waals surface area contributed by atoms with E-state index in [1.165, 1.54) is 0 Å². The summed E-state index contributed by atoms with van der Waals surface area (Å²) in [5, 5.41) is 0.903. The Morgan fingerprint density at radius 1 is 1.14 bits per heavy atom. The van der Waals surface area contributed by atoms with E-state index in [4.69, 9.17) is 4.74 Å². The van der Waals surface area contributed by atoms with Gasteiger partial charge in [-0.3, -0.25) is 0 Å². The molecule has 0 N–H and O–H groups in total. The van der Waals surface area contributed by atoms with Gasteiger partial charge in [0.25, 0.3) is 0 Å². The summed E-state index contributed by atoms with van der Waals surface area (Å²) in [4.78, 5) is 13.5. The van der Waals surface area contributed by atoms with Crippen LogP contribution in [0.1, 0.15) is 22.8 Å². The highest BCUT2D eigenvalue weighted by atomic mass is 32.1. The van der Waals surface area contributed by atoms with Gasteiger partial charge in [0.15, 0.2) is 0 Å². The summed E-state index contributed by atoms with van der Waals surface area (Å²) < 4.78 is 7.22. The van der Waals surface area contributed by atoms with Gasteiger partial charge in [-0.25, -0.2) is 4.79 Å². The summed E-state index contributed by atoms with van der Waals surface area (Å²) in [5.74, 6) is -0.262. The Labute approximate surface area is 133 Å². The van der Waals surface area contributed by atoms with E-state index in [0.29, 0.717) is 12.2 Å². The van der Waals surface area contributed by atoms with E-state index in [1.807, 2.05) is 61.1 Å². The van der Waals surface area contributed by atoms with E-state index in [-0.39, 0.29) is 5.97 Å². The lowest BCUT2D eigenvalue weighted by molar-refractivity contribution is 0.0526. The minimum absolute atomic E-state index is 0.262. The van der Waals surface area contributed by atoms with Crippen LogP contribution in [0.3, 0.4) is 0 Å². The van der Waals surface area contributed by atoms with Gasteiger partial charge in [-0.15, -0.1) is 11.3 Å². The van der Waals surface area contributed by atoms with Crippen LogP contribution in [0.25, 0.3) is 15.4 Å². The van der Waals surface area contributed by atoms with Crippen molar-refractivity contribution in [3.63, 3.8) is 0 Å². The molecule has 0 aliphatic carbocycles. The van der Waals surface area contributed by atoms with Crippen molar-refractivity contribution in [1.29, 1.82) is 0 Å². The lowest BCUT2D eigenvalue weighted by Gasteiger charge is -2.06. The molecule has 3 rings (SSSR count). The fourth-order valence-corrected chi connectivity index (χ4v) is 3.73. The number of carbonyl (C=O) groups excluding carboxylic acids is 1. The quantitative estimate of drug-likeness (QED) is 0.654. The van der Waals surface area contributed by atoms with Crippen LogP contribution in [0.15, 0.2) is 54.9 Å². The van der Waals surface area contributed by atoms with Gasteiger partial charge in [-0.1, -0.05) is 30.3 Å². The summed E-state index contributed by atoms with van der Waals surface area (Å²) in [6, 6.07) is 14.0. The maximum absolute atomic E-state index is 12.4. The lowest BCUT2D eigenvalue weighted by atomic mass is 10.1. The molecule has 3 nitrogen and oxygen atoms in total. The van der Waals surface area contributed by atoms with Crippen molar-refractivity contribution in [2.45, 2.75) is 13.8 Å². The summed E-state index contributed by atoms with van der Waals surface area (Å²) in [6.07, 6.45) is 3.89. The number of rotatable bonds is 4. The second-order valence-corrected chi connectivity index (χ2v) is 5.91. The molecule has 112 valence electrons. The number of benzene rings is 1. The van der Waals surface area contributed by atoms with Crippen LogP contribution in [0.4, 0.5) is 0 Å². The first-order valence-corrected chi connectivity index (χ1v) is 8.03. The number of carbonyl (C=O) groups is 1. The predicted octanol–water partition coefficient (Wildman–Crippen LogP) is 4.69. The first-order chi connectivity index (χ1) is 10.7. The number of hydrogen-bond acceptors (Lipinski definition) is 3. The van der Waals surface area contributed by atoms with Crippen LogP contribution in [0.5, 0.6) is 0 Å². The molecular weight excluding hydrogens is 294 g/mol. The highest BCUT2D eigenvalue weighted by Crippen LogP contribution is 2.38. The molecule has 0 atom stereocenters. The van der Waals surface area contributed by atoms with Crippen LogP contribution in [-0.2, 0) is 4.74 Å². The molecule has 2 aromatic heterocycles. The second kappa shape index (κ2) is 6.20. The molecule has 1 aromatic carbocycles. The Morgan fingerprint density at radius 3 is 2.45 bits per heavy atom. The van der Waals surface area contributed by atoms with Crippen molar-refractivity contribution in [2.75, 3.05) is 6.61 Å². The smallest absolute Gasteiger partial charge is 0.341 e. The minimum atomic E-state index is -0.262. The first kappa shape index (κ1) is 14.6. The maximum Gasteiger partial charge on any atom is 0.341 e. The van der Waals surface area contributed by atoms with Crippen LogP contribution in [0.2, 0.25) is 0 Å². The van der Waals surface area contributed by atoms with E-state index in [2.05, 4.69) is 12.1 Å². The van der Waals surface area contributed by atoms with Crippen LogP contribution in [-0.4, -0.2) is 17.1 Å². The number of ether oxygens (including phenoxy) is 1. The fraction of sp³-hybridized carbons (Fsp3) is 0.167. The highest BCUT2D eigenvalue weighted by Gasteiger charge is 2.23. The third kappa shape index (κ3) is 2.57. The Balaban J connectivity index is 2.19. The van der Waals surface area contributed by atoms with Gasteiger partial charge >= 0.3 is 5.97 Å². The Bertz CT molecular complexity index is 773. The molecule has 3 aromatic rings. The molecule has 0 saturated heterocycles. The Morgan fingerprint density at radius 2 is 1.82 bits per heavy atom. The molecule has 0 amide bonds. The minimum Gasteiger partial charge on any atom is -0.462 e. The van der Waals surface area contributed by atoms with Crippen LogP contribution < -0.4 is 0 Å². The summed E-state index contributed by atoms with van der Waals surface area (Å²) in [6.45, 7) is 4.19. The van der Waals surface area contributed by atoms with Gasteiger partial charge in [0, 0.05) is 17.3 Å². The molecule has 4 heteroatoms. The zero-order valence-electron chi connectivity index (χ0n) is 12.6. The van der Waals surface area contributed by atoms with Crippen LogP contribution in [0, 0.1) is 6.92 Å². The van der Waals surface area contributed by atoms with E-state index in [1.54, 1.807) is 11.3 Å². The average molecular weight is 311 g/mol. The number of thiophene rings is 1. The summed E-state index contributed by atoms with van der Waals surface area (Å²) >= 11 is 1.61. The molecule has 0 fully saturated rings. The van der Waals surface area contributed by atoms with Gasteiger partial charge in [0.1, 0.15) is 5.00 Å². The van der Waals surface area contributed by atoms with Crippen LogP contribution >= 0.6 is 11.3 Å². The Kier molecular flexibility index (Phi) is 4.11. The van der Waals surface area contributed by atoms with Gasteiger partial charge in [-0.05, 0) is 37.1 Å². The molecule has 0 radical (unpaired) electrons. The third-order valence-electron chi connectivity index (χ3n) is 3.48. The largest absolute Gasteiger partial charge is 0.462 e. The zero-order chi connectivity index (χ0) is 15.5. The normalized spacial score (nSPS) is 10.6. The lowest BCUT2D eigenvalue weighted by Crippen LogP contribution is -2.08. The van der Waals surface area contributed by atoms with Crippen molar-refractivity contribution in [3.8, 4) is 15.4 Å². The van der Waals surface area contributed by atoms with Crippen molar-refractivity contribution >= 4 is 17.3 Å². The fourth-order valence-electron chi connectivity index (χ4n) is 2.46. The first-order valence-electron chi connectivity index (χ1n) is 7.21. The second-order valence-electron chi connectivity index (χ2n) is 4.91. The van der Waals surface area contributed by atoms with E-state index in [9.17, 15) is 4.79 Å². The standard InChI is InChI=1S/C18H17NO2S/c1-3-21-18(20)15-13(2)16(14-9-5-4-6-10-14)22-17(15)19-11-7-8-12-19/h4-12H,3H2,1-2H3. The van der Waals surface area contributed by atoms with E-state index < -0.39 is 0 Å². The van der Waals surface area contributed by atoms with Gasteiger partial charge in [-0.2, -0.15) is 0 Å². The molecule has 0 bridgehead atoms. The monoisotopic (exact) mass is 311 g/mol. The topological polar surface area (TPSA) is 31.2 Å². The summed E-state index contributed by atoms with van der Waals surface area (Å²) in [7, 11) is 0. The molecule has 22 heavy (non-hydrogen) atoms. The van der Waals surface area contributed by atoms with Crippen molar-refractivity contribution in [1.82, 2.24) is 4.57 Å². The molecule has 2 heterocycles. The Hall–Kier alpha value is -2.33. The van der Waals surface area contributed by atoms with Crippen molar-refractivity contribution < 1.29 is 9.53 Å². The summed E-state index contributed by atoms with van der Waals surface area (Å²) in [5.41, 5.74) is 2.74. The zero-order valence-corrected chi connectivity index (χ0v) is 13.4. The van der Waals surface area contributed by atoms with E-state index >= 15 is 0 Å². The van der Waals surface area contributed by atoms with Gasteiger partial charge in [0.2, 0.25) is 0 Å². The average Bonchev–Trinajstić information content (AvgIpc) is 3.16. The van der Waals surface area contributed by atoms with E-state index in [0.717, 1.165) is 21.0 Å². The highest BCUT2D eigenvalue weighted by molar-refractivity contribution is 7.18. The van der Waals surface area contributed by atoms with Crippen molar-refractivity contribution in [2.24, 2.45) is 0 Å². The molecule has 0 unspecified atom stereocenters. The third-order valence-corrected chi connectivity index (χ3v) is 4.84. The van der Waals surface area contributed by atoms with Crippen molar-refractivity contribution in [3.05, 3.63) is 66.0 Å². The number of nitrogens with zero attached hydrogens (tertiary/aromatic N) is 1. The number of aromatic nitrogens is 1. The van der Waals surface area contributed by atoms with Gasteiger partial charge in [0.05, 0.1) is 12.2 Å². The molecule has 0 spiro atoms.